The number of halogens is 2. The molecule has 3 unspecified atom stereocenters. The first-order valence-corrected chi connectivity index (χ1v) is 13.6. The van der Waals surface area contributed by atoms with Crippen LogP contribution in [0.1, 0.15) is 39.0 Å². The highest BCUT2D eigenvalue weighted by molar-refractivity contribution is 6.32. The van der Waals surface area contributed by atoms with Gasteiger partial charge in [-0.25, -0.2) is 14.2 Å². The van der Waals surface area contributed by atoms with Crippen molar-refractivity contribution in [3.05, 3.63) is 39.7 Å². The predicted molar refractivity (Wildman–Crippen MR) is 144 cm³/mol. The maximum atomic E-state index is 15.2. The number of anilines is 3. The van der Waals surface area contributed by atoms with Gasteiger partial charge in [0.05, 0.1) is 18.0 Å². The number of piperidine rings is 2. The van der Waals surface area contributed by atoms with Crippen molar-refractivity contribution in [1.29, 1.82) is 0 Å². The SMILES string of the molecule is CC(O)COc1cc(F)c(Nc2ncc(Cl)c(NCC3CCCN4CCCCC34)n2)cc1-n1nnn(C)c1=O. The second kappa shape index (κ2) is 11.8. The number of aromatic nitrogens is 6. The van der Waals surface area contributed by atoms with Crippen LogP contribution in [0.5, 0.6) is 5.75 Å². The molecule has 3 aromatic rings. The molecule has 0 radical (unpaired) electrons. The van der Waals surface area contributed by atoms with Crippen molar-refractivity contribution in [2.24, 2.45) is 13.0 Å². The lowest BCUT2D eigenvalue weighted by Crippen LogP contribution is -2.49. The molecule has 2 aliphatic heterocycles. The molecular weight excluding hydrogens is 529 g/mol. The third-order valence-electron chi connectivity index (χ3n) is 7.23. The third kappa shape index (κ3) is 6.15. The minimum absolute atomic E-state index is 0.00893. The second-order valence-electron chi connectivity index (χ2n) is 10.2. The van der Waals surface area contributed by atoms with Gasteiger partial charge in [-0.3, -0.25) is 0 Å². The Kier molecular flexibility index (Phi) is 8.29. The molecule has 14 heteroatoms. The lowest BCUT2D eigenvalue weighted by atomic mass is 9.83. The molecule has 210 valence electrons. The van der Waals surface area contributed by atoms with E-state index in [1.165, 1.54) is 65.0 Å². The van der Waals surface area contributed by atoms with Gasteiger partial charge in [-0.15, -0.1) is 0 Å². The lowest BCUT2D eigenvalue weighted by molar-refractivity contribution is 0.0649. The Labute approximate surface area is 230 Å². The van der Waals surface area contributed by atoms with E-state index in [2.05, 4.69) is 35.9 Å². The summed E-state index contributed by atoms with van der Waals surface area (Å²) in [6.07, 6.45) is 6.73. The van der Waals surface area contributed by atoms with Gasteiger partial charge in [-0.1, -0.05) is 18.0 Å². The quantitative estimate of drug-likeness (QED) is 0.358. The minimum Gasteiger partial charge on any atom is -0.489 e. The fraction of sp³-hybridized carbons (Fsp3) is 0.560. The van der Waals surface area contributed by atoms with Gasteiger partial charge in [0, 0.05) is 25.7 Å². The molecule has 0 amide bonds. The van der Waals surface area contributed by atoms with E-state index in [1.807, 2.05) is 0 Å². The van der Waals surface area contributed by atoms with Gasteiger partial charge in [-0.2, -0.15) is 14.3 Å². The van der Waals surface area contributed by atoms with Crippen LogP contribution in [0.15, 0.2) is 23.1 Å². The third-order valence-corrected chi connectivity index (χ3v) is 7.51. The first kappa shape index (κ1) is 27.3. The van der Waals surface area contributed by atoms with Crippen LogP contribution in [-0.4, -0.2) is 78.2 Å². The molecular formula is C25H33ClFN9O3. The van der Waals surface area contributed by atoms with Crippen molar-refractivity contribution >= 4 is 29.1 Å². The standard InChI is InChI=1S/C25H33ClFN9O3/c1-15(37)14-39-22-10-18(27)19(11-21(22)36-25(38)34(2)32-33-36)30-24-29-13-17(26)23(31-24)28-12-16-6-5-9-35-8-4-3-7-20(16)35/h10-11,13,15-16,20,37H,3-9,12,14H2,1-2H3,(H2,28,29,30,31). The van der Waals surface area contributed by atoms with Crippen LogP contribution >= 0.6 is 11.6 Å². The number of aryl methyl sites for hydroxylation is 1. The number of ether oxygens (including phenoxy) is 1. The Balaban J connectivity index is 1.37. The van der Waals surface area contributed by atoms with E-state index in [0.717, 1.165) is 28.4 Å². The normalized spacial score (nSPS) is 20.3. The summed E-state index contributed by atoms with van der Waals surface area (Å²) >= 11 is 6.40. The number of benzene rings is 1. The maximum absolute atomic E-state index is 15.2. The van der Waals surface area contributed by atoms with Crippen LogP contribution in [0.25, 0.3) is 5.69 Å². The summed E-state index contributed by atoms with van der Waals surface area (Å²) in [7, 11) is 1.44. The molecule has 1 aromatic carbocycles. The Hall–Kier alpha value is -3.29. The first-order chi connectivity index (χ1) is 18.8. The van der Waals surface area contributed by atoms with Crippen molar-refractivity contribution in [2.75, 3.05) is 36.9 Å². The molecule has 0 aliphatic carbocycles. The number of aliphatic hydroxyl groups is 1. The fourth-order valence-corrected chi connectivity index (χ4v) is 5.47. The Bertz CT molecular complexity index is 1360. The summed E-state index contributed by atoms with van der Waals surface area (Å²) in [4.78, 5) is 23.8. The number of nitrogens with zero attached hydrogens (tertiary/aromatic N) is 7. The Morgan fingerprint density at radius 2 is 2.05 bits per heavy atom. The van der Waals surface area contributed by atoms with Crippen LogP contribution in [-0.2, 0) is 7.05 Å². The van der Waals surface area contributed by atoms with Crippen LogP contribution in [0.3, 0.4) is 0 Å². The van der Waals surface area contributed by atoms with Crippen LogP contribution in [0.4, 0.5) is 21.8 Å². The number of hydrogen-bond donors (Lipinski definition) is 3. The fourth-order valence-electron chi connectivity index (χ4n) is 5.31. The van der Waals surface area contributed by atoms with Gasteiger partial charge in [0.25, 0.3) is 0 Å². The van der Waals surface area contributed by atoms with Crippen LogP contribution in [0.2, 0.25) is 5.02 Å². The molecule has 3 atom stereocenters. The lowest BCUT2D eigenvalue weighted by Gasteiger charge is -2.44. The molecule has 0 bridgehead atoms. The molecule has 12 nitrogen and oxygen atoms in total. The van der Waals surface area contributed by atoms with Gasteiger partial charge < -0.3 is 25.4 Å². The van der Waals surface area contributed by atoms with Crippen LogP contribution in [0, 0.1) is 11.7 Å². The number of aliphatic hydroxyl groups excluding tert-OH is 1. The first-order valence-electron chi connectivity index (χ1n) is 13.2. The predicted octanol–water partition coefficient (Wildman–Crippen LogP) is 2.73. The van der Waals surface area contributed by atoms with Crippen molar-refractivity contribution in [1.82, 2.24) is 34.7 Å². The topological polar surface area (TPSA) is 135 Å². The Morgan fingerprint density at radius 3 is 2.82 bits per heavy atom. The van der Waals surface area contributed by atoms with Gasteiger partial charge in [0.15, 0.2) is 11.6 Å². The smallest absolute Gasteiger partial charge is 0.368 e. The zero-order chi connectivity index (χ0) is 27.5. The highest BCUT2D eigenvalue weighted by Crippen LogP contribution is 2.33. The van der Waals surface area contributed by atoms with E-state index in [9.17, 15) is 9.90 Å². The average Bonchev–Trinajstić information content (AvgIpc) is 3.26. The Morgan fingerprint density at radius 1 is 1.23 bits per heavy atom. The van der Waals surface area contributed by atoms with Gasteiger partial charge in [0.1, 0.15) is 23.1 Å². The number of nitrogens with one attached hydrogen (secondary N) is 2. The molecule has 2 saturated heterocycles. The van der Waals surface area contributed by atoms with Crippen LogP contribution < -0.4 is 21.1 Å². The largest absolute Gasteiger partial charge is 0.489 e. The van der Waals surface area contributed by atoms with E-state index >= 15 is 4.39 Å². The molecule has 2 aliphatic rings. The molecule has 39 heavy (non-hydrogen) atoms. The summed E-state index contributed by atoms with van der Waals surface area (Å²) in [5.74, 6) is 0.429. The number of tetrazole rings is 1. The zero-order valence-corrected chi connectivity index (χ0v) is 22.7. The number of rotatable bonds is 9. The molecule has 2 fully saturated rings. The highest BCUT2D eigenvalue weighted by atomic mass is 35.5. The summed E-state index contributed by atoms with van der Waals surface area (Å²) in [6, 6.07) is 3.03. The van der Waals surface area contributed by atoms with Crippen molar-refractivity contribution < 1.29 is 14.2 Å². The van der Waals surface area contributed by atoms with E-state index in [1.54, 1.807) is 0 Å². The molecule has 5 rings (SSSR count). The summed E-state index contributed by atoms with van der Waals surface area (Å²) in [5, 5.41) is 23.8. The number of fused-ring (bicyclic) bond motifs is 1. The van der Waals surface area contributed by atoms with Crippen molar-refractivity contribution in [3.63, 3.8) is 0 Å². The van der Waals surface area contributed by atoms with Gasteiger partial charge in [0.2, 0.25) is 5.95 Å². The van der Waals surface area contributed by atoms with E-state index in [-0.39, 0.29) is 29.7 Å². The van der Waals surface area contributed by atoms with Crippen molar-refractivity contribution in [2.45, 2.75) is 51.2 Å². The summed E-state index contributed by atoms with van der Waals surface area (Å²) in [5.41, 5.74) is -0.424. The van der Waals surface area contributed by atoms with E-state index in [4.69, 9.17) is 16.3 Å². The average molecular weight is 562 g/mol. The number of hydrogen-bond acceptors (Lipinski definition) is 10. The monoisotopic (exact) mass is 561 g/mol. The van der Waals surface area contributed by atoms with Gasteiger partial charge >= 0.3 is 5.69 Å². The van der Waals surface area contributed by atoms with E-state index in [0.29, 0.717) is 22.8 Å². The molecule has 4 heterocycles. The molecule has 0 spiro atoms. The molecule has 3 N–H and O–H groups in total. The minimum atomic E-state index is -0.805. The summed E-state index contributed by atoms with van der Waals surface area (Å²) < 4.78 is 22.7. The molecule has 2 aromatic heterocycles. The maximum Gasteiger partial charge on any atom is 0.368 e. The van der Waals surface area contributed by atoms with Crippen molar-refractivity contribution in [3.8, 4) is 11.4 Å². The van der Waals surface area contributed by atoms with E-state index < -0.39 is 17.6 Å². The summed E-state index contributed by atoms with van der Waals surface area (Å²) in [6.45, 7) is 4.49. The zero-order valence-electron chi connectivity index (χ0n) is 22.0. The van der Waals surface area contributed by atoms with Gasteiger partial charge in [-0.05, 0) is 68.1 Å². The second-order valence-corrected chi connectivity index (χ2v) is 10.6. The molecule has 0 saturated carbocycles. The highest BCUT2D eigenvalue weighted by Gasteiger charge is 2.32.